The highest BCUT2D eigenvalue weighted by atomic mass is 16.3. The van der Waals surface area contributed by atoms with E-state index in [4.69, 9.17) is 0 Å². The molecule has 2 amide bonds. The molecule has 0 saturated heterocycles. The molecule has 0 saturated carbocycles. The van der Waals surface area contributed by atoms with Crippen molar-refractivity contribution >= 4 is 11.8 Å². The van der Waals surface area contributed by atoms with E-state index in [9.17, 15) is 14.7 Å². The van der Waals surface area contributed by atoms with Crippen LogP contribution in [0.25, 0.3) is 0 Å². The topological polar surface area (TPSA) is 78.4 Å². The summed E-state index contributed by atoms with van der Waals surface area (Å²) in [5.74, 6) is -0.474. The van der Waals surface area contributed by atoms with Crippen LogP contribution in [0.5, 0.6) is 0 Å². The van der Waals surface area contributed by atoms with Gasteiger partial charge in [-0.1, -0.05) is 43.0 Å². The Balaban J connectivity index is 1.66. The van der Waals surface area contributed by atoms with Gasteiger partial charge in [0.1, 0.15) is 0 Å². The first-order chi connectivity index (χ1) is 12.1. The predicted octanol–water partition coefficient (Wildman–Crippen LogP) is 1.88. The van der Waals surface area contributed by atoms with Crippen molar-refractivity contribution in [3.05, 3.63) is 83.4 Å². The van der Waals surface area contributed by atoms with Gasteiger partial charge in [0.2, 0.25) is 5.91 Å². The summed E-state index contributed by atoms with van der Waals surface area (Å²) >= 11 is 0. The van der Waals surface area contributed by atoms with Crippen LogP contribution in [-0.2, 0) is 17.8 Å². The number of rotatable bonds is 5. The monoisotopic (exact) mass is 336 g/mol. The van der Waals surface area contributed by atoms with E-state index in [0.29, 0.717) is 18.5 Å². The zero-order chi connectivity index (χ0) is 17.8. The molecule has 0 aromatic heterocycles. The maximum absolute atomic E-state index is 12.5. The van der Waals surface area contributed by atoms with Crippen molar-refractivity contribution in [2.24, 2.45) is 0 Å². The lowest BCUT2D eigenvalue weighted by molar-refractivity contribution is -0.116. The predicted molar refractivity (Wildman–Crippen MR) is 94.8 cm³/mol. The van der Waals surface area contributed by atoms with Gasteiger partial charge >= 0.3 is 0 Å². The molecule has 2 aromatic carbocycles. The Morgan fingerprint density at radius 1 is 1.16 bits per heavy atom. The highest BCUT2D eigenvalue weighted by Crippen LogP contribution is 2.31. The fourth-order valence-electron chi connectivity index (χ4n) is 3.01. The Morgan fingerprint density at radius 2 is 1.88 bits per heavy atom. The summed E-state index contributed by atoms with van der Waals surface area (Å²) < 4.78 is 0. The summed E-state index contributed by atoms with van der Waals surface area (Å²) in [7, 11) is 0. The minimum atomic E-state index is -0.616. The second-order valence-corrected chi connectivity index (χ2v) is 6.04. The molecule has 25 heavy (non-hydrogen) atoms. The van der Waals surface area contributed by atoms with E-state index in [1.54, 1.807) is 24.3 Å². The lowest BCUT2D eigenvalue weighted by Crippen LogP contribution is -2.33. The molecule has 2 atom stereocenters. The van der Waals surface area contributed by atoms with Gasteiger partial charge in [0.05, 0.1) is 12.1 Å². The molecule has 0 fully saturated rings. The molecule has 128 valence electrons. The molecule has 5 nitrogen and oxygen atoms in total. The van der Waals surface area contributed by atoms with Crippen molar-refractivity contribution in [1.29, 1.82) is 0 Å². The van der Waals surface area contributed by atoms with Crippen LogP contribution in [0.15, 0.2) is 61.2 Å². The number of nitrogens with one attached hydrogen (secondary N) is 2. The Bertz CT molecular complexity index is 799. The average molecular weight is 336 g/mol. The van der Waals surface area contributed by atoms with Gasteiger partial charge in [-0.3, -0.25) is 9.59 Å². The molecule has 0 aliphatic heterocycles. The molecule has 3 rings (SSSR count). The van der Waals surface area contributed by atoms with E-state index in [0.717, 1.165) is 16.7 Å². The number of aliphatic hydroxyl groups is 1. The molecule has 0 spiro atoms. The zero-order valence-electron chi connectivity index (χ0n) is 13.7. The summed E-state index contributed by atoms with van der Waals surface area (Å²) in [6, 6.07) is 14.3. The van der Waals surface area contributed by atoms with Gasteiger partial charge in [0, 0.05) is 18.5 Å². The van der Waals surface area contributed by atoms with Crippen LogP contribution in [0.3, 0.4) is 0 Å². The minimum absolute atomic E-state index is 0.234. The summed E-state index contributed by atoms with van der Waals surface area (Å²) in [4.78, 5) is 23.6. The maximum atomic E-state index is 12.5. The van der Waals surface area contributed by atoms with E-state index in [-0.39, 0.29) is 11.8 Å². The molecule has 2 aromatic rings. The van der Waals surface area contributed by atoms with Crippen molar-refractivity contribution < 1.29 is 14.7 Å². The van der Waals surface area contributed by atoms with Gasteiger partial charge in [-0.05, 0) is 34.9 Å². The van der Waals surface area contributed by atoms with E-state index >= 15 is 0 Å². The van der Waals surface area contributed by atoms with Gasteiger partial charge in [0.25, 0.3) is 5.91 Å². The van der Waals surface area contributed by atoms with E-state index < -0.39 is 12.1 Å². The molecule has 1 aliphatic carbocycles. The molecular weight excluding hydrogens is 316 g/mol. The van der Waals surface area contributed by atoms with Gasteiger partial charge in [0.15, 0.2) is 0 Å². The summed E-state index contributed by atoms with van der Waals surface area (Å²) in [6.45, 7) is 3.77. The summed E-state index contributed by atoms with van der Waals surface area (Å²) in [5, 5.41) is 15.8. The van der Waals surface area contributed by atoms with Crippen LogP contribution >= 0.6 is 0 Å². The van der Waals surface area contributed by atoms with Crippen LogP contribution in [0.2, 0.25) is 0 Å². The van der Waals surface area contributed by atoms with E-state index in [1.165, 1.54) is 6.08 Å². The van der Waals surface area contributed by atoms with Gasteiger partial charge < -0.3 is 15.7 Å². The fourth-order valence-corrected chi connectivity index (χ4v) is 3.01. The Morgan fingerprint density at radius 3 is 2.60 bits per heavy atom. The van der Waals surface area contributed by atoms with Gasteiger partial charge in [-0.15, -0.1) is 0 Å². The van der Waals surface area contributed by atoms with Crippen molar-refractivity contribution in [2.75, 3.05) is 0 Å². The van der Waals surface area contributed by atoms with E-state index in [1.807, 2.05) is 24.3 Å². The van der Waals surface area contributed by atoms with Crippen LogP contribution in [0.4, 0.5) is 0 Å². The summed E-state index contributed by atoms with van der Waals surface area (Å²) in [5.41, 5.74) is 3.43. The van der Waals surface area contributed by atoms with Crippen molar-refractivity contribution in [2.45, 2.75) is 25.1 Å². The Labute approximate surface area is 146 Å². The van der Waals surface area contributed by atoms with Crippen LogP contribution in [0, 0.1) is 0 Å². The number of carbonyl (C=O) groups excluding carboxylic acids is 2. The number of hydrogen-bond donors (Lipinski definition) is 3. The number of benzene rings is 2. The average Bonchev–Trinajstić information content (AvgIpc) is 2.95. The highest BCUT2D eigenvalue weighted by molar-refractivity contribution is 5.94. The molecule has 0 unspecified atom stereocenters. The van der Waals surface area contributed by atoms with Crippen molar-refractivity contribution in [3.63, 3.8) is 0 Å². The number of carbonyl (C=O) groups is 2. The van der Waals surface area contributed by atoms with Crippen molar-refractivity contribution in [3.8, 4) is 0 Å². The lowest BCUT2D eigenvalue weighted by atomic mass is 10.1. The maximum Gasteiger partial charge on any atom is 0.251 e. The first-order valence-corrected chi connectivity index (χ1v) is 8.14. The third-order valence-corrected chi connectivity index (χ3v) is 4.36. The summed E-state index contributed by atoms with van der Waals surface area (Å²) in [6.07, 6.45) is 1.14. The molecule has 5 heteroatoms. The zero-order valence-corrected chi connectivity index (χ0v) is 13.7. The molecule has 1 aliphatic rings. The third kappa shape index (κ3) is 3.78. The first-order valence-electron chi connectivity index (χ1n) is 8.14. The second-order valence-electron chi connectivity index (χ2n) is 6.04. The molecule has 0 heterocycles. The second kappa shape index (κ2) is 7.32. The number of hydrogen-bond acceptors (Lipinski definition) is 3. The quantitative estimate of drug-likeness (QED) is 0.730. The van der Waals surface area contributed by atoms with Gasteiger partial charge in [-0.25, -0.2) is 0 Å². The van der Waals surface area contributed by atoms with Gasteiger partial charge in [-0.2, -0.15) is 0 Å². The van der Waals surface area contributed by atoms with Crippen LogP contribution in [-0.4, -0.2) is 23.0 Å². The molecular formula is C20H20N2O3. The number of aliphatic hydroxyl groups excluding tert-OH is 1. The van der Waals surface area contributed by atoms with Crippen LogP contribution in [0.1, 0.15) is 33.1 Å². The molecule has 0 bridgehead atoms. The van der Waals surface area contributed by atoms with Crippen molar-refractivity contribution in [1.82, 2.24) is 10.6 Å². The first kappa shape index (κ1) is 16.9. The largest absolute Gasteiger partial charge is 0.390 e. The van der Waals surface area contributed by atoms with Crippen LogP contribution < -0.4 is 10.6 Å². The Hall–Kier alpha value is -2.92. The standard InChI is InChI=1S/C20H20N2O3/c1-2-18(24)21-12-13-7-9-14(10-8-13)20(25)22-19-16-6-4-3-5-15(16)11-17(19)23/h2-10,17,19,23H,1,11-12H2,(H,21,24)(H,22,25)/t17-,19+/m1/s1. The molecule has 3 N–H and O–H groups in total. The Kier molecular flexibility index (Phi) is 4.95. The smallest absolute Gasteiger partial charge is 0.251 e. The lowest BCUT2D eigenvalue weighted by Gasteiger charge is -2.18. The number of amides is 2. The van der Waals surface area contributed by atoms with E-state index in [2.05, 4.69) is 17.2 Å². The highest BCUT2D eigenvalue weighted by Gasteiger charge is 2.31. The number of fused-ring (bicyclic) bond motifs is 1. The SMILES string of the molecule is C=CC(=O)NCc1ccc(C(=O)N[C@H]2c3ccccc3C[C@H]2O)cc1. The molecule has 0 radical (unpaired) electrons. The minimum Gasteiger partial charge on any atom is -0.390 e. The fraction of sp³-hybridized carbons (Fsp3) is 0.200. The third-order valence-electron chi connectivity index (χ3n) is 4.36. The normalized spacial score (nSPS) is 18.3.